The maximum Gasteiger partial charge on any atom is 0.325 e. The van der Waals surface area contributed by atoms with Gasteiger partial charge in [-0.25, -0.2) is 4.79 Å². The maximum atomic E-state index is 12.3. The number of imide groups is 1. The monoisotopic (exact) mass is 275 g/mol. The molecule has 3 amide bonds. The highest BCUT2D eigenvalue weighted by Gasteiger charge is 2.32. The van der Waals surface area contributed by atoms with E-state index in [0.29, 0.717) is 11.6 Å². The summed E-state index contributed by atoms with van der Waals surface area (Å²) in [6.45, 7) is 3.70. The molecule has 1 aliphatic heterocycles. The zero-order chi connectivity index (χ0) is 14.4. The Hall–Kier alpha value is -2.11. The number of carbonyl (C=O) groups excluding carboxylic acids is 3. The summed E-state index contributed by atoms with van der Waals surface area (Å²) in [5.41, 5.74) is 2.61. The van der Waals surface area contributed by atoms with E-state index in [1.165, 1.54) is 0 Å². The van der Waals surface area contributed by atoms with Crippen molar-refractivity contribution in [3.8, 4) is 0 Å². The second-order valence-corrected chi connectivity index (χ2v) is 5.45. The Kier molecular flexibility index (Phi) is 2.88. The molecule has 0 spiro atoms. The third-order valence-electron chi connectivity index (χ3n) is 3.94. The lowest BCUT2D eigenvalue weighted by Crippen LogP contribution is -2.35. The summed E-state index contributed by atoms with van der Waals surface area (Å²) in [5.74, 6) is -0.533. The van der Waals surface area contributed by atoms with E-state index >= 15 is 0 Å². The third kappa shape index (κ3) is 2.01. The number of carbonyl (C=O) groups is 3. The Morgan fingerprint density at radius 1 is 1.35 bits per heavy atom. The second kappa shape index (κ2) is 4.47. The second-order valence-electron chi connectivity index (χ2n) is 5.45. The Balaban J connectivity index is 1.82. The fourth-order valence-electron chi connectivity index (χ4n) is 2.80. The SMILES string of the molecule is Cc1cc(C(=O)CN2C(=O)CNC2=O)c(C)n1C1CC1. The van der Waals surface area contributed by atoms with Crippen molar-refractivity contribution in [2.75, 3.05) is 13.1 Å². The number of aryl methyl sites for hydroxylation is 1. The number of Topliss-reactive ketones (excluding diaryl/α,β-unsaturated/α-hetero) is 1. The lowest BCUT2D eigenvalue weighted by Gasteiger charge is -2.11. The van der Waals surface area contributed by atoms with Crippen LogP contribution in [-0.2, 0) is 4.79 Å². The summed E-state index contributed by atoms with van der Waals surface area (Å²) in [6.07, 6.45) is 2.30. The number of ketones is 1. The fraction of sp³-hybridized carbons (Fsp3) is 0.500. The highest BCUT2D eigenvalue weighted by Crippen LogP contribution is 2.38. The molecule has 0 bridgehead atoms. The quantitative estimate of drug-likeness (QED) is 0.662. The van der Waals surface area contributed by atoms with Crippen molar-refractivity contribution in [1.29, 1.82) is 0 Å². The number of hydrogen-bond donors (Lipinski definition) is 1. The zero-order valence-electron chi connectivity index (χ0n) is 11.6. The molecule has 2 aliphatic rings. The molecule has 0 atom stereocenters. The fourth-order valence-corrected chi connectivity index (χ4v) is 2.80. The van der Waals surface area contributed by atoms with Gasteiger partial charge in [0.1, 0.15) is 0 Å². The number of nitrogens with zero attached hydrogens (tertiary/aromatic N) is 2. The molecule has 6 heteroatoms. The first-order chi connectivity index (χ1) is 9.49. The van der Waals surface area contributed by atoms with Crippen LogP contribution in [0.5, 0.6) is 0 Å². The molecular formula is C14H17N3O3. The van der Waals surface area contributed by atoms with Gasteiger partial charge in [-0.1, -0.05) is 0 Å². The van der Waals surface area contributed by atoms with Crippen LogP contribution < -0.4 is 5.32 Å². The van der Waals surface area contributed by atoms with Crippen LogP contribution in [-0.4, -0.2) is 40.3 Å². The minimum Gasteiger partial charge on any atom is -0.345 e. The van der Waals surface area contributed by atoms with Crippen molar-refractivity contribution in [1.82, 2.24) is 14.8 Å². The normalized spacial score (nSPS) is 18.6. The first kappa shape index (κ1) is 12.9. The van der Waals surface area contributed by atoms with E-state index in [4.69, 9.17) is 0 Å². The third-order valence-corrected chi connectivity index (χ3v) is 3.94. The van der Waals surface area contributed by atoms with Crippen molar-refractivity contribution in [3.63, 3.8) is 0 Å². The molecule has 2 fully saturated rings. The number of hydrogen-bond acceptors (Lipinski definition) is 3. The van der Waals surface area contributed by atoms with Crippen LogP contribution in [0, 0.1) is 13.8 Å². The Morgan fingerprint density at radius 2 is 2.05 bits per heavy atom. The molecule has 106 valence electrons. The summed E-state index contributed by atoms with van der Waals surface area (Å²) < 4.78 is 2.18. The number of aromatic nitrogens is 1. The van der Waals surface area contributed by atoms with Gasteiger partial charge in [-0.15, -0.1) is 0 Å². The van der Waals surface area contributed by atoms with E-state index in [1.807, 2.05) is 19.9 Å². The van der Waals surface area contributed by atoms with Crippen molar-refractivity contribution < 1.29 is 14.4 Å². The average molecular weight is 275 g/mol. The van der Waals surface area contributed by atoms with Gasteiger partial charge in [-0.2, -0.15) is 0 Å². The van der Waals surface area contributed by atoms with E-state index in [9.17, 15) is 14.4 Å². The molecule has 1 aromatic rings. The van der Waals surface area contributed by atoms with Crippen LogP contribution in [0.15, 0.2) is 6.07 Å². The summed E-state index contributed by atoms with van der Waals surface area (Å²) in [4.78, 5) is 36.3. The van der Waals surface area contributed by atoms with Gasteiger partial charge in [-0.3, -0.25) is 14.5 Å². The lowest BCUT2D eigenvalue weighted by atomic mass is 10.1. The van der Waals surface area contributed by atoms with Gasteiger partial charge in [0.15, 0.2) is 5.78 Å². The molecule has 20 heavy (non-hydrogen) atoms. The molecular weight excluding hydrogens is 258 g/mol. The Bertz CT molecular complexity index is 597. The number of amides is 3. The van der Waals surface area contributed by atoms with Crippen LogP contribution in [0.25, 0.3) is 0 Å². The molecule has 0 radical (unpaired) electrons. The molecule has 3 rings (SSSR count). The topological polar surface area (TPSA) is 71.4 Å². The van der Waals surface area contributed by atoms with Crippen molar-refractivity contribution in [2.24, 2.45) is 0 Å². The first-order valence-electron chi connectivity index (χ1n) is 6.79. The molecule has 1 aliphatic carbocycles. The maximum absolute atomic E-state index is 12.3. The van der Waals surface area contributed by atoms with Gasteiger partial charge in [0, 0.05) is 23.0 Å². The van der Waals surface area contributed by atoms with Gasteiger partial charge in [0.2, 0.25) is 5.91 Å². The van der Waals surface area contributed by atoms with E-state index in [2.05, 4.69) is 9.88 Å². The molecule has 0 unspecified atom stereocenters. The van der Waals surface area contributed by atoms with Crippen LogP contribution >= 0.6 is 0 Å². The summed E-state index contributed by atoms with van der Waals surface area (Å²) in [6, 6.07) is 1.88. The predicted octanol–water partition coefficient (Wildman–Crippen LogP) is 1.17. The van der Waals surface area contributed by atoms with Gasteiger partial charge in [-0.05, 0) is 32.8 Å². The van der Waals surface area contributed by atoms with E-state index in [1.54, 1.807) is 0 Å². The van der Waals surface area contributed by atoms with E-state index < -0.39 is 6.03 Å². The van der Waals surface area contributed by atoms with Crippen LogP contribution in [0.1, 0.15) is 40.6 Å². The molecule has 1 N–H and O–H groups in total. The largest absolute Gasteiger partial charge is 0.345 e. The standard InChI is InChI=1S/C14H17N3O3/c1-8-5-11(9(2)17(8)10-3-4-10)12(18)7-16-13(19)6-15-14(16)20/h5,10H,3-4,6-7H2,1-2H3,(H,15,20). The van der Waals surface area contributed by atoms with Crippen LogP contribution in [0.4, 0.5) is 4.79 Å². The van der Waals surface area contributed by atoms with Gasteiger partial charge >= 0.3 is 6.03 Å². The van der Waals surface area contributed by atoms with E-state index in [-0.39, 0.29) is 24.8 Å². The number of urea groups is 1. The zero-order valence-corrected chi connectivity index (χ0v) is 11.6. The van der Waals surface area contributed by atoms with Gasteiger partial charge in [0.25, 0.3) is 0 Å². The number of rotatable bonds is 4. The highest BCUT2D eigenvalue weighted by molar-refractivity contribution is 6.08. The molecule has 1 saturated carbocycles. The minimum atomic E-state index is -0.487. The average Bonchev–Trinajstić information content (AvgIpc) is 3.12. The molecule has 1 saturated heterocycles. The van der Waals surface area contributed by atoms with Crippen LogP contribution in [0.2, 0.25) is 0 Å². The Labute approximate surface area is 116 Å². The summed E-state index contributed by atoms with van der Waals surface area (Å²) in [5, 5.41) is 2.42. The molecule has 6 nitrogen and oxygen atoms in total. The lowest BCUT2D eigenvalue weighted by molar-refractivity contribution is -0.124. The Morgan fingerprint density at radius 3 is 2.60 bits per heavy atom. The first-order valence-corrected chi connectivity index (χ1v) is 6.79. The summed E-state index contributed by atoms with van der Waals surface area (Å²) >= 11 is 0. The van der Waals surface area contributed by atoms with Gasteiger partial charge in [0.05, 0.1) is 13.1 Å². The molecule has 1 aromatic heterocycles. The van der Waals surface area contributed by atoms with Crippen molar-refractivity contribution >= 4 is 17.7 Å². The highest BCUT2D eigenvalue weighted by atomic mass is 16.2. The minimum absolute atomic E-state index is 0.0206. The predicted molar refractivity (Wildman–Crippen MR) is 71.6 cm³/mol. The van der Waals surface area contributed by atoms with Gasteiger partial charge < -0.3 is 9.88 Å². The van der Waals surface area contributed by atoms with Crippen molar-refractivity contribution in [2.45, 2.75) is 32.7 Å². The van der Waals surface area contributed by atoms with Crippen molar-refractivity contribution in [3.05, 3.63) is 23.0 Å². The smallest absolute Gasteiger partial charge is 0.325 e. The van der Waals surface area contributed by atoms with E-state index in [0.717, 1.165) is 29.1 Å². The molecule has 0 aromatic carbocycles. The number of nitrogens with one attached hydrogen (secondary N) is 1. The summed E-state index contributed by atoms with van der Waals surface area (Å²) in [7, 11) is 0. The molecule has 2 heterocycles. The van der Waals surface area contributed by atoms with Crippen LogP contribution in [0.3, 0.4) is 0 Å².